The Kier molecular flexibility index (Phi) is 3.53. The van der Waals surface area contributed by atoms with E-state index >= 15 is 0 Å². The quantitative estimate of drug-likeness (QED) is 0.851. The van der Waals surface area contributed by atoms with Crippen molar-refractivity contribution in [3.63, 3.8) is 0 Å². The predicted octanol–water partition coefficient (Wildman–Crippen LogP) is 1.28. The maximum atomic E-state index is 12.7. The summed E-state index contributed by atoms with van der Waals surface area (Å²) in [6.45, 7) is 2.35. The molecule has 1 saturated heterocycles. The van der Waals surface area contributed by atoms with Crippen molar-refractivity contribution >= 4 is 11.8 Å². The molecule has 2 heterocycles. The van der Waals surface area contributed by atoms with Gasteiger partial charge in [-0.2, -0.15) is 18.2 Å². The lowest BCUT2D eigenvalue weighted by Gasteiger charge is -2.26. The Balaban J connectivity index is 2.37. The Morgan fingerprint density at radius 2 is 2.16 bits per heavy atom. The summed E-state index contributed by atoms with van der Waals surface area (Å²) in [6.07, 6.45) is -3.78. The summed E-state index contributed by atoms with van der Waals surface area (Å²) in [5.41, 5.74) is 4.27. The van der Waals surface area contributed by atoms with Gasteiger partial charge < -0.3 is 15.7 Å². The van der Waals surface area contributed by atoms with Crippen LogP contribution in [0.5, 0.6) is 0 Å². The first-order chi connectivity index (χ1) is 8.82. The van der Waals surface area contributed by atoms with Crippen molar-refractivity contribution in [1.29, 1.82) is 0 Å². The van der Waals surface area contributed by atoms with E-state index in [9.17, 15) is 18.3 Å². The van der Waals surface area contributed by atoms with Crippen LogP contribution in [0.15, 0.2) is 6.07 Å². The van der Waals surface area contributed by atoms with Crippen LogP contribution in [-0.2, 0) is 6.18 Å². The second-order valence-electron chi connectivity index (χ2n) is 4.68. The maximum absolute atomic E-state index is 12.7. The third-order valence-electron chi connectivity index (χ3n) is 3.38. The minimum absolute atomic E-state index is 0.114. The number of hydrogen-bond acceptors (Lipinski definition) is 5. The predicted molar refractivity (Wildman–Crippen MR) is 63.4 cm³/mol. The number of nitrogens with zero attached hydrogens (tertiary/aromatic N) is 3. The van der Waals surface area contributed by atoms with Gasteiger partial charge in [0, 0.05) is 12.6 Å². The minimum atomic E-state index is -4.56. The fourth-order valence-electron chi connectivity index (χ4n) is 2.32. The number of halogens is 3. The zero-order valence-electron chi connectivity index (χ0n) is 10.4. The number of rotatable bonds is 2. The normalized spacial score (nSPS) is 23.9. The molecule has 0 bridgehead atoms. The molecular formula is C11H15F3N4O. The highest BCUT2D eigenvalue weighted by molar-refractivity contribution is 5.46. The fourth-order valence-corrected chi connectivity index (χ4v) is 2.32. The zero-order valence-corrected chi connectivity index (χ0v) is 10.4. The second kappa shape index (κ2) is 4.84. The number of nitrogen functional groups attached to an aromatic ring is 1. The number of alkyl halides is 3. The molecule has 1 aliphatic heterocycles. The van der Waals surface area contributed by atoms with Crippen molar-refractivity contribution in [1.82, 2.24) is 9.97 Å². The molecule has 1 fully saturated rings. The molecule has 0 saturated carbocycles. The molecule has 19 heavy (non-hydrogen) atoms. The van der Waals surface area contributed by atoms with E-state index in [-0.39, 0.29) is 24.4 Å². The summed E-state index contributed by atoms with van der Waals surface area (Å²) in [5.74, 6) is -0.111. The molecule has 3 N–H and O–H groups in total. The van der Waals surface area contributed by atoms with Gasteiger partial charge >= 0.3 is 6.18 Å². The second-order valence-corrected chi connectivity index (χ2v) is 4.68. The standard InChI is InChI=1S/C11H15F3N4O/c1-6-2-3-18(7(6)5-19)9-4-8(11(12,13)14)16-10(15)17-9/h4,6-7,19H,2-3,5H2,1H3,(H2,15,16,17). The molecule has 0 radical (unpaired) electrons. The number of aliphatic hydroxyl groups excluding tert-OH is 1. The summed E-state index contributed by atoms with van der Waals surface area (Å²) >= 11 is 0. The van der Waals surface area contributed by atoms with Crippen LogP contribution >= 0.6 is 0 Å². The van der Waals surface area contributed by atoms with Crippen LogP contribution in [0.2, 0.25) is 0 Å². The Morgan fingerprint density at radius 1 is 1.47 bits per heavy atom. The van der Waals surface area contributed by atoms with Gasteiger partial charge in [-0.3, -0.25) is 0 Å². The zero-order chi connectivity index (χ0) is 14.2. The van der Waals surface area contributed by atoms with Gasteiger partial charge in [-0.15, -0.1) is 0 Å². The molecule has 0 amide bonds. The lowest BCUT2D eigenvalue weighted by molar-refractivity contribution is -0.141. The van der Waals surface area contributed by atoms with Crippen LogP contribution in [0.1, 0.15) is 19.0 Å². The average molecular weight is 276 g/mol. The molecule has 0 spiro atoms. The van der Waals surface area contributed by atoms with E-state index < -0.39 is 17.8 Å². The van der Waals surface area contributed by atoms with E-state index in [0.717, 1.165) is 12.5 Å². The number of aliphatic hydroxyl groups is 1. The number of nitrogens with two attached hydrogens (primary N) is 1. The van der Waals surface area contributed by atoms with Crippen molar-refractivity contribution in [2.24, 2.45) is 5.92 Å². The fraction of sp³-hybridized carbons (Fsp3) is 0.636. The van der Waals surface area contributed by atoms with E-state index in [1.807, 2.05) is 6.92 Å². The van der Waals surface area contributed by atoms with Gasteiger partial charge in [0.05, 0.1) is 12.6 Å². The summed E-state index contributed by atoms with van der Waals surface area (Å²) in [6, 6.07) is 0.632. The van der Waals surface area contributed by atoms with Gasteiger partial charge in [-0.05, 0) is 12.3 Å². The molecule has 2 atom stereocenters. The molecule has 2 rings (SSSR count). The average Bonchev–Trinajstić information content (AvgIpc) is 2.68. The molecule has 5 nitrogen and oxygen atoms in total. The number of anilines is 2. The van der Waals surface area contributed by atoms with Crippen LogP contribution in [-0.4, -0.2) is 34.3 Å². The Hall–Kier alpha value is -1.57. The highest BCUT2D eigenvalue weighted by Gasteiger charge is 2.36. The van der Waals surface area contributed by atoms with Crippen LogP contribution < -0.4 is 10.6 Å². The highest BCUT2D eigenvalue weighted by atomic mass is 19.4. The highest BCUT2D eigenvalue weighted by Crippen LogP contribution is 2.33. The largest absolute Gasteiger partial charge is 0.433 e. The van der Waals surface area contributed by atoms with E-state index in [1.54, 1.807) is 4.90 Å². The molecule has 1 aliphatic rings. The van der Waals surface area contributed by atoms with Crippen LogP contribution in [0.4, 0.5) is 24.9 Å². The van der Waals surface area contributed by atoms with Gasteiger partial charge in [-0.1, -0.05) is 6.92 Å². The van der Waals surface area contributed by atoms with Gasteiger partial charge in [0.25, 0.3) is 0 Å². The Labute approximate surface area is 108 Å². The number of hydrogen-bond donors (Lipinski definition) is 2. The topological polar surface area (TPSA) is 75.3 Å². The first-order valence-corrected chi connectivity index (χ1v) is 5.92. The third-order valence-corrected chi connectivity index (χ3v) is 3.38. The van der Waals surface area contributed by atoms with Crippen molar-refractivity contribution in [2.45, 2.75) is 25.6 Å². The minimum Gasteiger partial charge on any atom is -0.394 e. The molecule has 1 aromatic heterocycles. The SMILES string of the molecule is CC1CCN(c2cc(C(F)(F)F)nc(N)n2)C1CO. The van der Waals surface area contributed by atoms with Crippen LogP contribution in [0, 0.1) is 5.92 Å². The van der Waals surface area contributed by atoms with Crippen molar-refractivity contribution in [3.05, 3.63) is 11.8 Å². The third kappa shape index (κ3) is 2.73. The summed E-state index contributed by atoms with van der Waals surface area (Å²) < 4.78 is 38.0. The first-order valence-electron chi connectivity index (χ1n) is 5.92. The Morgan fingerprint density at radius 3 is 2.74 bits per heavy atom. The smallest absolute Gasteiger partial charge is 0.394 e. The van der Waals surface area contributed by atoms with Gasteiger partial charge in [0.2, 0.25) is 5.95 Å². The lowest BCUT2D eigenvalue weighted by atomic mass is 10.0. The summed E-state index contributed by atoms with van der Waals surface area (Å²) in [4.78, 5) is 8.69. The van der Waals surface area contributed by atoms with Crippen molar-refractivity contribution in [2.75, 3.05) is 23.8 Å². The van der Waals surface area contributed by atoms with Gasteiger partial charge in [0.15, 0.2) is 5.69 Å². The molecule has 0 aromatic carbocycles. The first kappa shape index (κ1) is 13.9. The molecule has 8 heteroatoms. The Bertz CT molecular complexity index is 466. The van der Waals surface area contributed by atoms with Crippen LogP contribution in [0.25, 0.3) is 0 Å². The molecule has 2 unspecified atom stereocenters. The van der Waals surface area contributed by atoms with Crippen molar-refractivity contribution in [3.8, 4) is 0 Å². The summed E-state index contributed by atoms with van der Waals surface area (Å²) in [7, 11) is 0. The van der Waals surface area contributed by atoms with E-state index in [2.05, 4.69) is 9.97 Å². The molecular weight excluding hydrogens is 261 g/mol. The van der Waals surface area contributed by atoms with E-state index in [4.69, 9.17) is 5.73 Å². The van der Waals surface area contributed by atoms with E-state index in [1.165, 1.54) is 0 Å². The maximum Gasteiger partial charge on any atom is 0.433 e. The van der Waals surface area contributed by atoms with Gasteiger partial charge in [-0.25, -0.2) is 4.98 Å². The monoisotopic (exact) mass is 276 g/mol. The summed E-state index contributed by atoms with van der Waals surface area (Å²) in [5, 5.41) is 9.33. The van der Waals surface area contributed by atoms with E-state index in [0.29, 0.717) is 6.54 Å². The molecule has 1 aromatic rings. The lowest BCUT2D eigenvalue weighted by Crippen LogP contribution is -2.36. The van der Waals surface area contributed by atoms with Gasteiger partial charge in [0.1, 0.15) is 5.82 Å². The number of aromatic nitrogens is 2. The molecule has 106 valence electrons. The van der Waals surface area contributed by atoms with Crippen molar-refractivity contribution < 1.29 is 18.3 Å². The van der Waals surface area contributed by atoms with Crippen LogP contribution in [0.3, 0.4) is 0 Å². The molecule has 0 aliphatic carbocycles.